The fraction of sp³-hybridized carbons (Fsp3) is 0.500. The predicted octanol–water partition coefficient (Wildman–Crippen LogP) is -0.992. The summed E-state index contributed by atoms with van der Waals surface area (Å²) in [5.74, 6) is 2.01. The second-order valence-corrected chi connectivity index (χ2v) is 3.18. The Morgan fingerprint density at radius 2 is 2.62 bits per heavy atom. The average Bonchev–Trinajstić information content (AvgIpc) is 2.14. The van der Waals surface area contributed by atoms with E-state index >= 15 is 0 Å². The van der Waals surface area contributed by atoms with Gasteiger partial charge in [-0.05, 0) is 0 Å². The molecule has 70 valence electrons. The highest BCUT2D eigenvalue weighted by molar-refractivity contribution is 5.88. The molecule has 0 aromatic heterocycles. The molecule has 1 atom stereocenters. The van der Waals surface area contributed by atoms with Gasteiger partial charge in [0.05, 0.1) is 19.2 Å². The Hall–Kier alpha value is -1.27. The number of hydrogen-bond acceptors (Lipinski definition) is 2. The molecule has 1 rings (SSSR count). The van der Waals surface area contributed by atoms with Crippen LogP contribution < -0.4 is 4.90 Å². The van der Waals surface area contributed by atoms with E-state index in [1.54, 1.807) is 0 Å². The van der Waals surface area contributed by atoms with Crippen LogP contribution in [0.15, 0.2) is 11.6 Å². The Kier molecular flexibility index (Phi) is 3.53. The molecule has 0 amide bonds. The van der Waals surface area contributed by atoms with Crippen LogP contribution in [-0.2, 0) is 9.53 Å². The maximum Gasteiger partial charge on any atom is 0.340 e. The zero-order valence-corrected chi connectivity index (χ0v) is 7.80. The van der Waals surface area contributed by atoms with E-state index in [1.807, 2.05) is 6.08 Å². The number of hydrogen-bond donors (Lipinski definition) is 1. The average molecular weight is 180 g/mol. The molecular weight excluding hydrogens is 166 g/mol. The van der Waals surface area contributed by atoms with Crippen molar-refractivity contribution in [2.45, 2.75) is 6.42 Å². The lowest BCUT2D eigenvalue weighted by molar-refractivity contribution is -0.875. The standard InChI is InChI=1S/C10H13NO2/c1-3-7-13-10(12)9-5-4-6-11(2)8-9/h1,5H,4,6-8H2,2H3/p+1. The summed E-state index contributed by atoms with van der Waals surface area (Å²) < 4.78 is 4.82. The molecular formula is C10H14NO2+. The van der Waals surface area contributed by atoms with Crippen molar-refractivity contribution >= 4 is 5.97 Å². The van der Waals surface area contributed by atoms with Crippen LogP contribution in [0.1, 0.15) is 6.42 Å². The molecule has 1 unspecified atom stereocenters. The lowest BCUT2D eigenvalue weighted by atomic mass is 10.1. The van der Waals surface area contributed by atoms with Gasteiger partial charge < -0.3 is 9.64 Å². The SMILES string of the molecule is C#CCOC(=O)C1=CCC[NH+](C)C1. The Morgan fingerprint density at radius 1 is 1.85 bits per heavy atom. The van der Waals surface area contributed by atoms with Crippen LogP contribution in [0.3, 0.4) is 0 Å². The van der Waals surface area contributed by atoms with Gasteiger partial charge in [-0.3, -0.25) is 0 Å². The van der Waals surface area contributed by atoms with Crippen LogP contribution >= 0.6 is 0 Å². The van der Waals surface area contributed by atoms with Crippen LogP contribution in [0.5, 0.6) is 0 Å². The van der Waals surface area contributed by atoms with Crippen LogP contribution in [0.4, 0.5) is 0 Å². The first-order chi connectivity index (χ1) is 6.24. The molecule has 3 heteroatoms. The molecule has 0 aromatic rings. The van der Waals surface area contributed by atoms with Gasteiger partial charge in [-0.1, -0.05) is 12.0 Å². The van der Waals surface area contributed by atoms with E-state index in [0.717, 1.165) is 25.1 Å². The first kappa shape index (κ1) is 9.82. The molecule has 3 nitrogen and oxygen atoms in total. The third-order valence-electron chi connectivity index (χ3n) is 2.00. The molecule has 0 saturated carbocycles. The number of carbonyl (C=O) groups excluding carboxylic acids is 1. The van der Waals surface area contributed by atoms with Crippen LogP contribution in [0, 0.1) is 12.3 Å². The van der Waals surface area contributed by atoms with E-state index in [9.17, 15) is 4.79 Å². The zero-order valence-electron chi connectivity index (χ0n) is 7.80. The quantitative estimate of drug-likeness (QED) is 0.437. The van der Waals surface area contributed by atoms with Crippen molar-refractivity contribution in [2.75, 3.05) is 26.7 Å². The third-order valence-corrected chi connectivity index (χ3v) is 2.00. The summed E-state index contributed by atoms with van der Waals surface area (Å²) in [7, 11) is 2.06. The van der Waals surface area contributed by atoms with Crippen molar-refractivity contribution in [1.82, 2.24) is 0 Å². The maximum atomic E-state index is 11.3. The summed E-state index contributed by atoms with van der Waals surface area (Å²) in [5, 5.41) is 0. The fourth-order valence-electron chi connectivity index (χ4n) is 1.33. The Balaban J connectivity index is 2.47. The van der Waals surface area contributed by atoms with E-state index in [4.69, 9.17) is 11.2 Å². The first-order valence-corrected chi connectivity index (χ1v) is 4.35. The van der Waals surface area contributed by atoms with Gasteiger partial charge in [0.15, 0.2) is 6.61 Å². The lowest BCUT2D eigenvalue weighted by Crippen LogP contribution is -3.09. The highest BCUT2D eigenvalue weighted by atomic mass is 16.5. The topological polar surface area (TPSA) is 30.7 Å². The van der Waals surface area contributed by atoms with Gasteiger partial charge in [-0.15, -0.1) is 6.42 Å². The summed E-state index contributed by atoms with van der Waals surface area (Å²) in [6, 6.07) is 0. The number of quaternary nitrogens is 1. The minimum atomic E-state index is -0.267. The molecule has 1 aliphatic heterocycles. The summed E-state index contributed by atoms with van der Waals surface area (Å²) >= 11 is 0. The normalized spacial score (nSPS) is 21.5. The molecule has 1 heterocycles. The second kappa shape index (κ2) is 4.68. The molecule has 0 spiro atoms. The second-order valence-electron chi connectivity index (χ2n) is 3.18. The smallest absolute Gasteiger partial charge is 0.340 e. The van der Waals surface area contributed by atoms with Crippen molar-refractivity contribution < 1.29 is 14.4 Å². The number of esters is 1. The predicted molar refractivity (Wildman–Crippen MR) is 49.1 cm³/mol. The first-order valence-electron chi connectivity index (χ1n) is 4.35. The van der Waals surface area contributed by atoms with Gasteiger partial charge in [-0.25, -0.2) is 4.79 Å². The summed E-state index contributed by atoms with van der Waals surface area (Å²) in [6.45, 7) is 1.88. The van der Waals surface area contributed by atoms with Crippen molar-refractivity contribution in [2.24, 2.45) is 0 Å². The number of ether oxygens (including phenoxy) is 1. The van der Waals surface area contributed by atoms with E-state index in [0.29, 0.717) is 0 Å². The van der Waals surface area contributed by atoms with Crippen LogP contribution in [-0.4, -0.2) is 32.7 Å². The number of terminal acetylenes is 1. The fourth-order valence-corrected chi connectivity index (χ4v) is 1.33. The monoisotopic (exact) mass is 180 g/mol. The number of carbonyl (C=O) groups is 1. The minimum Gasteiger partial charge on any atom is -0.449 e. The largest absolute Gasteiger partial charge is 0.449 e. The van der Waals surface area contributed by atoms with Gasteiger partial charge >= 0.3 is 5.97 Å². The van der Waals surface area contributed by atoms with E-state index < -0.39 is 0 Å². The van der Waals surface area contributed by atoms with Crippen molar-refractivity contribution in [3.05, 3.63) is 11.6 Å². The molecule has 0 aliphatic carbocycles. The zero-order chi connectivity index (χ0) is 9.68. The van der Waals surface area contributed by atoms with E-state index in [-0.39, 0.29) is 12.6 Å². The molecule has 13 heavy (non-hydrogen) atoms. The number of nitrogens with one attached hydrogen (secondary N) is 1. The Labute approximate surface area is 78.4 Å². The van der Waals surface area contributed by atoms with Crippen molar-refractivity contribution in [1.29, 1.82) is 0 Å². The minimum absolute atomic E-state index is 0.0647. The number of likely N-dealkylation sites (N-methyl/N-ethyl adjacent to an activating group) is 1. The molecule has 0 radical (unpaired) electrons. The third kappa shape index (κ3) is 2.92. The van der Waals surface area contributed by atoms with E-state index in [1.165, 1.54) is 4.90 Å². The van der Waals surface area contributed by atoms with Gasteiger partial charge in [0, 0.05) is 6.42 Å². The van der Waals surface area contributed by atoms with E-state index in [2.05, 4.69) is 13.0 Å². The lowest BCUT2D eigenvalue weighted by Gasteiger charge is -2.18. The van der Waals surface area contributed by atoms with Gasteiger partial charge in [0.25, 0.3) is 0 Å². The highest BCUT2D eigenvalue weighted by Gasteiger charge is 2.18. The van der Waals surface area contributed by atoms with Crippen LogP contribution in [0.25, 0.3) is 0 Å². The molecule has 0 bridgehead atoms. The Morgan fingerprint density at radius 3 is 3.23 bits per heavy atom. The molecule has 1 aliphatic rings. The van der Waals surface area contributed by atoms with Gasteiger partial charge in [-0.2, -0.15) is 0 Å². The van der Waals surface area contributed by atoms with Crippen molar-refractivity contribution in [3.63, 3.8) is 0 Å². The van der Waals surface area contributed by atoms with Crippen LogP contribution in [0.2, 0.25) is 0 Å². The summed E-state index contributed by atoms with van der Waals surface area (Å²) in [6.07, 6.45) is 7.85. The highest BCUT2D eigenvalue weighted by Crippen LogP contribution is 2.00. The summed E-state index contributed by atoms with van der Waals surface area (Å²) in [5.41, 5.74) is 0.749. The van der Waals surface area contributed by atoms with Gasteiger partial charge in [0.2, 0.25) is 0 Å². The molecule has 0 fully saturated rings. The molecule has 1 N–H and O–H groups in total. The van der Waals surface area contributed by atoms with Crippen molar-refractivity contribution in [3.8, 4) is 12.3 Å². The number of rotatable bonds is 2. The maximum absolute atomic E-state index is 11.3. The summed E-state index contributed by atoms with van der Waals surface area (Å²) in [4.78, 5) is 12.6. The van der Waals surface area contributed by atoms with Gasteiger partial charge in [0.1, 0.15) is 6.54 Å². The Bertz CT molecular complexity index is 263. The molecule has 0 saturated heterocycles. The molecule has 0 aromatic carbocycles.